The van der Waals surface area contributed by atoms with Crippen LogP contribution in [0.1, 0.15) is 37.4 Å². The highest BCUT2D eigenvalue weighted by molar-refractivity contribution is 5.96. The molecule has 6 rings (SSSR count). The van der Waals surface area contributed by atoms with E-state index in [4.69, 9.17) is 19.4 Å². The molecule has 0 radical (unpaired) electrons. The topological polar surface area (TPSA) is 83.9 Å². The Balaban J connectivity index is 1.36. The van der Waals surface area contributed by atoms with E-state index in [9.17, 15) is 4.79 Å². The van der Waals surface area contributed by atoms with Gasteiger partial charge in [-0.3, -0.25) is 9.78 Å². The molecular weight excluding hydrogens is 468 g/mol. The van der Waals surface area contributed by atoms with Crippen molar-refractivity contribution in [3.05, 3.63) is 59.6 Å². The van der Waals surface area contributed by atoms with Crippen molar-refractivity contribution in [2.24, 2.45) is 0 Å². The monoisotopic (exact) mass is 502 g/mol. The second-order valence-corrected chi connectivity index (χ2v) is 10.3. The van der Waals surface area contributed by atoms with E-state index in [1.165, 1.54) is 0 Å². The van der Waals surface area contributed by atoms with Crippen molar-refractivity contribution in [3.63, 3.8) is 0 Å². The van der Waals surface area contributed by atoms with E-state index in [0.717, 1.165) is 66.8 Å². The van der Waals surface area contributed by atoms with Gasteiger partial charge in [0.05, 0.1) is 43.0 Å². The molecule has 5 heterocycles. The highest BCUT2D eigenvalue weighted by Gasteiger charge is 2.33. The molecule has 0 spiro atoms. The van der Waals surface area contributed by atoms with E-state index < -0.39 is 0 Å². The van der Waals surface area contributed by atoms with Crippen molar-refractivity contribution in [2.75, 3.05) is 55.7 Å². The lowest BCUT2D eigenvalue weighted by molar-refractivity contribution is -0.138. The van der Waals surface area contributed by atoms with Crippen molar-refractivity contribution in [2.45, 2.75) is 44.8 Å². The number of pyridine rings is 1. The van der Waals surface area contributed by atoms with E-state index in [0.29, 0.717) is 26.3 Å². The lowest BCUT2D eigenvalue weighted by Gasteiger charge is -2.36. The molecule has 3 unspecified atom stereocenters. The Morgan fingerprint density at radius 3 is 2.65 bits per heavy atom. The van der Waals surface area contributed by atoms with Gasteiger partial charge in [0.15, 0.2) is 0 Å². The molecular formula is C28H34N6O3. The maximum atomic E-state index is 13.5. The molecule has 194 valence electrons. The summed E-state index contributed by atoms with van der Waals surface area (Å²) in [6.45, 7) is 8.98. The summed E-state index contributed by atoms with van der Waals surface area (Å²) in [7, 11) is 0. The summed E-state index contributed by atoms with van der Waals surface area (Å²) < 4.78 is 11.4. The third-order valence-corrected chi connectivity index (χ3v) is 7.47. The van der Waals surface area contributed by atoms with Gasteiger partial charge in [-0.15, -0.1) is 0 Å². The molecule has 0 aromatic carbocycles. The van der Waals surface area contributed by atoms with E-state index in [1.54, 1.807) is 6.20 Å². The van der Waals surface area contributed by atoms with Gasteiger partial charge >= 0.3 is 0 Å². The van der Waals surface area contributed by atoms with Crippen molar-refractivity contribution < 1.29 is 14.3 Å². The number of ether oxygens (including phenoxy) is 2. The molecule has 4 aliphatic rings. The Hall–Kier alpha value is -3.30. The molecule has 3 atom stereocenters. The van der Waals surface area contributed by atoms with Gasteiger partial charge in [0.2, 0.25) is 5.95 Å². The molecule has 1 amide bonds. The molecule has 0 bridgehead atoms. The number of allylic oxidation sites excluding steroid dienone is 2. The predicted octanol–water partition coefficient (Wildman–Crippen LogP) is 3.01. The van der Waals surface area contributed by atoms with Crippen molar-refractivity contribution in [1.29, 1.82) is 0 Å². The molecule has 1 aliphatic carbocycles. The maximum absolute atomic E-state index is 13.5. The summed E-state index contributed by atoms with van der Waals surface area (Å²) >= 11 is 0. The second kappa shape index (κ2) is 10.2. The van der Waals surface area contributed by atoms with Gasteiger partial charge in [-0.2, -0.15) is 4.98 Å². The number of amides is 1. The van der Waals surface area contributed by atoms with Crippen LogP contribution in [-0.2, 0) is 20.7 Å². The van der Waals surface area contributed by atoms with Crippen LogP contribution in [-0.4, -0.2) is 83.9 Å². The van der Waals surface area contributed by atoms with Gasteiger partial charge < -0.3 is 24.2 Å². The van der Waals surface area contributed by atoms with E-state index in [1.807, 2.05) is 37.1 Å². The van der Waals surface area contributed by atoms with Gasteiger partial charge in [0.25, 0.3) is 5.91 Å². The minimum atomic E-state index is 0.0187. The van der Waals surface area contributed by atoms with Crippen LogP contribution >= 0.6 is 0 Å². The molecule has 9 heteroatoms. The zero-order valence-electron chi connectivity index (χ0n) is 21.5. The summed E-state index contributed by atoms with van der Waals surface area (Å²) in [6.07, 6.45) is 11.6. The first kappa shape index (κ1) is 24.1. The SMILES string of the molecule is CC1CN(C(=O)C2=CC(c3nc(N4CCOCC4)nc4c3CCN4c3cccnc3)CC=C2)CC(C)O1. The largest absolute Gasteiger partial charge is 0.378 e. The smallest absolute Gasteiger partial charge is 0.253 e. The number of aromatic nitrogens is 3. The second-order valence-electron chi connectivity index (χ2n) is 10.3. The summed E-state index contributed by atoms with van der Waals surface area (Å²) in [5, 5.41) is 0. The van der Waals surface area contributed by atoms with Gasteiger partial charge in [0.1, 0.15) is 5.82 Å². The minimum Gasteiger partial charge on any atom is -0.378 e. The number of hydrogen-bond donors (Lipinski definition) is 0. The third-order valence-electron chi connectivity index (χ3n) is 7.47. The van der Waals surface area contributed by atoms with Gasteiger partial charge in [0, 0.05) is 56.0 Å². The molecule has 3 aliphatic heterocycles. The van der Waals surface area contributed by atoms with Crippen molar-refractivity contribution in [3.8, 4) is 0 Å². The normalized spacial score (nSPS) is 25.7. The quantitative estimate of drug-likeness (QED) is 0.631. The average Bonchev–Trinajstić information content (AvgIpc) is 3.37. The van der Waals surface area contributed by atoms with Crippen LogP contribution in [0.2, 0.25) is 0 Å². The number of hydrogen-bond acceptors (Lipinski definition) is 8. The fraction of sp³-hybridized carbons (Fsp3) is 0.500. The molecule has 2 fully saturated rings. The maximum Gasteiger partial charge on any atom is 0.253 e. The molecule has 2 saturated heterocycles. The number of fused-ring (bicyclic) bond motifs is 1. The number of rotatable bonds is 4. The van der Waals surface area contributed by atoms with Crippen LogP contribution in [0, 0.1) is 0 Å². The van der Waals surface area contributed by atoms with Crippen molar-refractivity contribution >= 4 is 23.4 Å². The third kappa shape index (κ3) is 4.85. The number of carbonyl (C=O) groups is 1. The van der Waals surface area contributed by atoms with Crippen LogP contribution < -0.4 is 9.80 Å². The lowest BCUT2D eigenvalue weighted by Crippen LogP contribution is -2.48. The van der Waals surface area contributed by atoms with Crippen LogP contribution in [0.15, 0.2) is 48.3 Å². The van der Waals surface area contributed by atoms with Gasteiger partial charge in [-0.05, 0) is 38.8 Å². The zero-order valence-corrected chi connectivity index (χ0v) is 21.5. The molecule has 9 nitrogen and oxygen atoms in total. The number of morpholine rings is 2. The zero-order chi connectivity index (χ0) is 25.4. The highest BCUT2D eigenvalue weighted by Crippen LogP contribution is 2.40. The summed E-state index contributed by atoms with van der Waals surface area (Å²) in [4.78, 5) is 34.4. The van der Waals surface area contributed by atoms with Crippen LogP contribution in [0.5, 0.6) is 0 Å². The molecule has 37 heavy (non-hydrogen) atoms. The van der Waals surface area contributed by atoms with E-state index >= 15 is 0 Å². The summed E-state index contributed by atoms with van der Waals surface area (Å²) in [5.74, 6) is 1.77. The molecule has 0 saturated carbocycles. The van der Waals surface area contributed by atoms with Crippen LogP contribution in [0.25, 0.3) is 0 Å². The van der Waals surface area contributed by atoms with Gasteiger partial charge in [-0.25, -0.2) is 4.98 Å². The average molecular weight is 503 g/mol. The first-order chi connectivity index (χ1) is 18.1. The Morgan fingerprint density at radius 2 is 1.89 bits per heavy atom. The Morgan fingerprint density at radius 1 is 1.08 bits per heavy atom. The van der Waals surface area contributed by atoms with E-state index in [-0.39, 0.29) is 24.0 Å². The Bertz CT molecular complexity index is 1200. The minimum absolute atomic E-state index is 0.0187. The predicted molar refractivity (Wildman–Crippen MR) is 141 cm³/mol. The van der Waals surface area contributed by atoms with Gasteiger partial charge in [-0.1, -0.05) is 18.2 Å². The Labute approximate surface area is 217 Å². The molecule has 0 N–H and O–H groups in total. The molecule has 2 aromatic rings. The molecule has 2 aromatic heterocycles. The van der Waals surface area contributed by atoms with Crippen LogP contribution in [0.4, 0.5) is 17.5 Å². The number of nitrogens with zero attached hydrogens (tertiary/aromatic N) is 6. The lowest BCUT2D eigenvalue weighted by atomic mass is 9.89. The van der Waals surface area contributed by atoms with Crippen molar-refractivity contribution in [1.82, 2.24) is 19.9 Å². The van der Waals surface area contributed by atoms with Crippen LogP contribution in [0.3, 0.4) is 0 Å². The number of carbonyl (C=O) groups excluding carboxylic acids is 1. The summed E-state index contributed by atoms with van der Waals surface area (Å²) in [5.41, 5.74) is 3.96. The highest BCUT2D eigenvalue weighted by atomic mass is 16.5. The van der Waals surface area contributed by atoms with E-state index in [2.05, 4.69) is 33.0 Å². The first-order valence-corrected chi connectivity index (χ1v) is 13.3. The fourth-order valence-electron chi connectivity index (χ4n) is 5.79. The first-order valence-electron chi connectivity index (χ1n) is 13.3. The Kier molecular flexibility index (Phi) is 6.65. The standard InChI is InChI=1S/C28H34N6O3/c1-19-17-33(18-20(2)37-19)27(35)22-6-3-5-21(15-22)25-24-8-10-34(23-7-4-9-29-16-23)26(24)31-28(30-25)32-11-13-36-14-12-32/h3-4,6-7,9,15-16,19-21H,5,8,10-14,17-18H2,1-2H3. The fourth-order valence-corrected chi connectivity index (χ4v) is 5.79. The summed E-state index contributed by atoms with van der Waals surface area (Å²) in [6, 6.07) is 4.03. The number of anilines is 3.